The van der Waals surface area contributed by atoms with E-state index in [1.165, 1.54) is 6.92 Å². The van der Waals surface area contributed by atoms with Crippen LogP contribution >= 0.6 is 11.3 Å². The number of nitrogens with zero attached hydrogens (tertiary/aromatic N) is 2. The highest BCUT2D eigenvalue weighted by Crippen LogP contribution is 2.18. The van der Waals surface area contributed by atoms with Crippen molar-refractivity contribution in [2.24, 2.45) is 10.9 Å². The first-order valence-electron chi connectivity index (χ1n) is 3.73. The van der Waals surface area contributed by atoms with Gasteiger partial charge in [0, 0.05) is 0 Å². The lowest BCUT2D eigenvalue weighted by molar-refractivity contribution is -0.117. The summed E-state index contributed by atoms with van der Waals surface area (Å²) in [4.78, 5) is 11.1. The fourth-order valence-electron chi connectivity index (χ4n) is 0.594. The van der Waals surface area contributed by atoms with Crippen LogP contribution in [0.5, 0.6) is 0 Å². The van der Waals surface area contributed by atoms with Gasteiger partial charge in [-0.2, -0.15) is 0 Å². The molecule has 15 heavy (non-hydrogen) atoms. The molecule has 1 atom stereocenters. The van der Waals surface area contributed by atoms with Gasteiger partial charge in [-0.1, -0.05) is 11.3 Å². The van der Waals surface area contributed by atoms with Crippen LogP contribution in [-0.4, -0.2) is 30.6 Å². The summed E-state index contributed by atoms with van der Waals surface area (Å²) in [6, 6.07) is -0.716. The summed E-state index contributed by atoms with van der Waals surface area (Å²) in [6.07, 6.45) is 0. The van der Waals surface area contributed by atoms with Crippen molar-refractivity contribution in [1.82, 2.24) is 10.2 Å². The number of nitrogens with two attached hydrogens (primary N) is 2. The zero-order valence-corrected chi connectivity index (χ0v) is 9.30. The van der Waals surface area contributed by atoms with E-state index in [0.29, 0.717) is 11.3 Å². The third kappa shape index (κ3) is 3.20. The van der Waals surface area contributed by atoms with Crippen LogP contribution in [0.3, 0.4) is 0 Å². The van der Waals surface area contributed by atoms with Gasteiger partial charge in [-0.25, -0.2) is 13.6 Å². The number of nitrogens with one attached hydrogen (secondary N) is 1. The summed E-state index contributed by atoms with van der Waals surface area (Å²) in [7, 11) is -3.88. The fraction of sp³-hybridized carbons (Fsp3) is 0.400. The van der Waals surface area contributed by atoms with Gasteiger partial charge in [-0.05, 0) is 6.92 Å². The van der Waals surface area contributed by atoms with Crippen LogP contribution in [0.2, 0.25) is 0 Å². The van der Waals surface area contributed by atoms with Crippen molar-refractivity contribution in [1.29, 1.82) is 0 Å². The third-order valence-electron chi connectivity index (χ3n) is 1.29. The molecular formula is C5H9N5O3S2. The van der Waals surface area contributed by atoms with Gasteiger partial charge < -0.3 is 5.73 Å². The lowest BCUT2D eigenvalue weighted by Gasteiger charge is -2.02. The first-order chi connectivity index (χ1) is 6.80. The van der Waals surface area contributed by atoms with E-state index in [0.717, 1.165) is 0 Å². The van der Waals surface area contributed by atoms with Gasteiger partial charge in [0.05, 0.1) is 6.04 Å². The Hall–Kier alpha value is -1.10. The molecule has 0 aliphatic heterocycles. The van der Waals surface area contributed by atoms with Crippen LogP contribution in [0, 0.1) is 0 Å². The molecule has 0 aliphatic rings. The molecule has 1 amide bonds. The predicted molar refractivity (Wildman–Crippen MR) is 53.6 cm³/mol. The molecule has 0 bridgehead atoms. The lowest BCUT2D eigenvalue weighted by Crippen LogP contribution is -2.32. The monoisotopic (exact) mass is 251 g/mol. The molecule has 0 saturated carbocycles. The number of rotatable bonds is 3. The summed E-state index contributed by atoms with van der Waals surface area (Å²) in [6.45, 7) is 1.48. The van der Waals surface area contributed by atoms with Crippen molar-refractivity contribution >= 4 is 32.4 Å². The third-order valence-corrected chi connectivity index (χ3v) is 3.44. The molecule has 0 aliphatic carbocycles. The molecule has 0 saturated heterocycles. The Labute approximate surface area is 89.7 Å². The van der Waals surface area contributed by atoms with Gasteiger partial charge in [-0.3, -0.25) is 10.1 Å². The van der Waals surface area contributed by atoms with Crippen LogP contribution in [-0.2, 0) is 14.8 Å². The molecule has 1 aromatic heterocycles. The Bertz CT molecular complexity index is 465. The van der Waals surface area contributed by atoms with Gasteiger partial charge >= 0.3 is 0 Å². The number of carbonyl (C=O) groups excluding carboxylic acids is 1. The fourth-order valence-corrected chi connectivity index (χ4v) is 1.93. The van der Waals surface area contributed by atoms with E-state index in [1.54, 1.807) is 0 Å². The molecule has 8 nitrogen and oxygen atoms in total. The molecule has 10 heteroatoms. The second kappa shape index (κ2) is 4.18. The molecule has 1 heterocycles. The topological polar surface area (TPSA) is 141 Å². The number of sulfonamides is 1. The number of hydrogen-bond acceptors (Lipinski definition) is 7. The standard InChI is InChI=1S/C5H9N5O3S2/c1-2(6)3(11)8-4-9-10-5(14-4)15(7,12)13/h2H,6H2,1H3,(H2,7,12,13)(H,8,9,11). The van der Waals surface area contributed by atoms with Gasteiger partial charge in [-0.15, -0.1) is 10.2 Å². The predicted octanol–water partition coefficient (Wildman–Crippen LogP) is -1.53. The van der Waals surface area contributed by atoms with Crippen LogP contribution in [0.1, 0.15) is 6.92 Å². The number of anilines is 1. The van der Waals surface area contributed by atoms with E-state index in [4.69, 9.17) is 10.9 Å². The van der Waals surface area contributed by atoms with Gasteiger partial charge in [0.2, 0.25) is 15.4 Å². The number of carbonyl (C=O) groups is 1. The second-order valence-electron chi connectivity index (χ2n) is 2.70. The van der Waals surface area contributed by atoms with E-state index in [1.807, 2.05) is 0 Å². The van der Waals surface area contributed by atoms with Crippen molar-refractivity contribution < 1.29 is 13.2 Å². The molecule has 0 radical (unpaired) electrons. The highest BCUT2D eigenvalue weighted by Gasteiger charge is 2.17. The van der Waals surface area contributed by atoms with E-state index in [2.05, 4.69) is 15.5 Å². The normalized spacial score (nSPS) is 13.5. The summed E-state index contributed by atoms with van der Waals surface area (Å²) >= 11 is 0.663. The molecule has 1 rings (SSSR count). The second-order valence-corrected chi connectivity index (χ2v) is 5.41. The summed E-state index contributed by atoms with van der Waals surface area (Å²) in [5.74, 6) is -0.480. The Morgan fingerprint density at radius 2 is 2.13 bits per heavy atom. The maximum absolute atomic E-state index is 11.1. The Morgan fingerprint density at radius 3 is 2.53 bits per heavy atom. The van der Waals surface area contributed by atoms with E-state index >= 15 is 0 Å². The average Bonchev–Trinajstić information content (AvgIpc) is 2.51. The number of primary sulfonamides is 1. The molecule has 5 N–H and O–H groups in total. The molecular weight excluding hydrogens is 242 g/mol. The first-order valence-corrected chi connectivity index (χ1v) is 6.09. The van der Waals surface area contributed by atoms with E-state index in [9.17, 15) is 13.2 Å². The molecule has 84 valence electrons. The minimum absolute atomic E-state index is 0.0429. The smallest absolute Gasteiger partial charge is 0.267 e. The first kappa shape index (κ1) is 12.0. The zero-order chi connectivity index (χ0) is 11.6. The minimum Gasteiger partial charge on any atom is -0.320 e. The average molecular weight is 251 g/mol. The summed E-state index contributed by atoms with van der Waals surface area (Å²) < 4.78 is 21.3. The molecule has 1 unspecified atom stereocenters. The SMILES string of the molecule is CC(N)C(=O)Nc1nnc(S(N)(=O)=O)s1. The van der Waals surface area contributed by atoms with Gasteiger partial charge in [0.15, 0.2) is 0 Å². The number of aromatic nitrogens is 2. The Kier molecular flexibility index (Phi) is 3.34. The van der Waals surface area contributed by atoms with Crippen LogP contribution in [0.15, 0.2) is 4.34 Å². The molecule has 1 aromatic rings. The summed E-state index contributed by atoms with van der Waals surface area (Å²) in [5.41, 5.74) is 5.28. The molecule has 0 fully saturated rings. The molecule has 0 aromatic carbocycles. The van der Waals surface area contributed by atoms with Crippen LogP contribution in [0.25, 0.3) is 0 Å². The van der Waals surface area contributed by atoms with Gasteiger partial charge in [0.1, 0.15) is 0 Å². The Morgan fingerprint density at radius 1 is 1.53 bits per heavy atom. The zero-order valence-electron chi connectivity index (χ0n) is 7.67. The molecule has 0 spiro atoms. The minimum atomic E-state index is -3.88. The number of amides is 1. The highest BCUT2D eigenvalue weighted by atomic mass is 32.2. The summed E-state index contributed by atoms with van der Waals surface area (Å²) in [5, 5.41) is 13.9. The van der Waals surface area contributed by atoms with Crippen LogP contribution < -0.4 is 16.2 Å². The van der Waals surface area contributed by atoms with Crippen molar-refractivity contribution in [3.8, 4) is 0 Å². The Balaban J connectivity index is 2.83. The van der Waals surface area contributed by atoms with Crippen molar-refractivity contribution in [3.05, 3.63) is 0 Å². The quantitative estimate of drug-likeness (QED) is 0.556. The van der Waals surface area contributed by atoms with Crippen molar-refractivity contribution in [3.63, 3.8) is 0 Å². The largest absolute Gasteiger partial charge is 0.320 e. The maximum Gasteiger partial charge on any atom is 0.267 e. The van der Waals surface area contributed by atoms with Crippen molar-refractivity contribution in [2.75, 3.05) is 5.32 Å². The van der Waals surface area contributed by atoms with Crippen molar-refractivity contribution in [2.45, 2.75) is 17.3 Å². The van der Waals surface area contributed by atoms with E-state index in [-0.39, 0.29) is 9.47 Å². The van der Waals surface area contributed by atoms with Crippen LogP contribution in [0.4, 0.5) is 5.13 Å². The highest BCUT2D eigenvalue weighted by molar-refractivity contribution is 7.91. The maximum atomic E-state index is 11.1. The number of hydrogen-bond donors (Lipinski definition) is 3. The van der Waals surface area contributed by atoms with Gasteiger partial charge in [0.25, 0.3) is 10.0 Å². The lowest BCUT2D eigenvalue weighted by atomic mass is 10.3. The van der Waals surface area contributed by atoms with E-state index < -0.39 is 22.0 Å².